The van der Waals surface area contributed by atoms with E-state index in [1.807, 2.05) is 6.92 Å². The van der Waals surface area contributed by atoms with Crippen LogP contribution in [0.2, 0.25) is 0 Å². The molecule has 2 heterocycles. The summed E-state index contributed by atoms with van der Waals surface area (Å²) in [6.07, 6.45) is 8.55. The van der Waals surface area contributed by atoms with Gasteiger partial charge in [0.15, 0.2) is 6.29 Å². The Morgan fingerprint density at radius 1 is 1.38 bits per heavy atom. The quantitative estimate of drug-likeness (QED) is 0.595. The summed E-state index contributed by atoms with van der Waals surface area (Å²) >= 11 is 0. The zero-order valence-electron chi connectivity index (χ0n) is 16.8. The van der Waals surface area contributed by atoms with Crippen molar-refractivity contribution in [1.29, 1.82) is 0 Å². The second-order valence-electron chi connectivity index (χ2n) is 7.79. The molecule has 1 aromatic carbocycles. The topological polar surface area (TPSA) is 62.2 Å². The normalized spacial score (nSPS) is 19.0. The zero-order chi connectivity index (χ0) is 20.8. The van der Waals surface area contributed by atoms with E-state index in [-0.39, 0.29) is 12.2 Å². The number of aldehydes is 1. The number of benzene rings is 1. The second kappa shape index (κ2) is 7.23. The Bertz CT molecular complexity index is 1100. The number of hydrogen-bond acceptors (Lipinski definition) is 4. The van der Waals surface area contributed by atoms with Crippen LogP contribution in [0.5, 0.6) is 0 Å². The molecule has 0 fully saturated rings. The van der Waals surface area contributed by atoms with Gasteiger partial charge in [0.2, 0.25) is 0 Å². The van der Waals surface area contributed by atoms with Gasteiger partial charge in [0.25, 0.3) is 0 Å². The fraction of sp³-hybridized carbons (Fsp3) is 0.333. The van der Waals surface area contributed by atoms with E-state index in [1.165, 1.54) is 11.6 Å². The lowest BCUT2D eigenvalue weighted by molar-refractivity contribution is -0.120. The molecule has 1 aromatic heterocycles. The number of pyridine rings is 1. The van der Waals surface area contributed by atoms with Crippen LogP contribution in [-0.4, -0.2) is 22.0 Å². The Hall–Kier alpha value is -2.79. The largest absolute Gasteiger partial charge is 0.379 e. The van der Waals surface area contributed by atoms with Gasteiger partial charge in [0.05, 0.1) is 16.9 Å². The van der Waals surface area contributed by atoms with Gasteiger partial charge in [0, 0.05) is 23.6 Å². The Labute approximate surface area is 169 Å². The molecule has 2 N–H and O–H groups in total. The predicted octanol–water partition coefficient (Wildman–Crippen LogP) is 4.07. The minimum atomic E-state index is -1.59. The smallest absolute Gasteiger partial charge is 0.156 e. The number of fused-ring (bicyclic) bond motifs is 2. The molecule has 0 spiro atoms. The Kier molecular flexibility index (Phi) is 4.87. The van der Waals surface area contributed by atoms with E-state index in [0.717, 1.165) is 52.7 Å². The summed E-state index contributed by atoms with van der Waals surface area (Å²) in [4.78, 5) is 16.3. The highest BCUT2D eigenvalue weighted by atomic mass is 19.1. The molecule has 1 atom stereocenters. The molecule has 5 heteroatoms. The van der Waals surface area contributed by atoms with Crippen molar-refractivity contribution in [2.24, 2.45) is 0 Å². The van der Waals surface area contributed by atoms with Crippen LogP contribution in [0, 0.1) is 12.7 Å². The van der Waals surface area contributed by atoms with E-state index in [2.05, 4.69) is 11.9 Å². The highest BCUT2D eigenvalue weighted by Crippen LogP contribution is 2.39. The van der Waals surface area contributed by atoms with Gasteiger partial charge in [0.1, 0.15) is 11.4 Å². The predicted molar refractivity (Wildman–Crippen MR) is 113 cm³/mol. The standard InChI is InChI=1S/C24H25FN2O2/c1-4-7-15(24(29,5-2)13-28)10-21-23-18(12-26-21)17-9-6-8-16-14(3)19(25)11-20(27-23)22(16)17/h4,7,10-11,13,26,29H,1,5-6,8-9,12H2,2-3H3/b15-7+,21-10-/t24-/m1/s1. The molecule has 2 aliphatic rings. The summed E-state index contributed by atoms with van der Waals surface area (Å²) in [7, 11) is 0. The fourth-order valence-corrected chi connectivity index (χ4v) is 4.48. The number of carbonyl (C=O) groups is 1. The third-order valence-corrected chi connectivity index (χ3v) is 6.21. The van der Waals surface area contributed by atoms with Crippen molar-refractivity contribution in [3.05, 3.63) is 70.2 Å². The first-order valence-corrected chi connectivity index (χ1v) is 10.0. The number of rotatable bonds is 5. The number of halogens is 1. The van der Waals surface area contributed by atoms with Gasteiger partial charge in [-0.15, -0.1) is 0 Å². The number of nitrogens with zero attached hydrogens (tertiary/aromatic N) is 1. The van der Waals surface area contributed by atoms with Crippen LogP contribution in [0.25, 0.3) is 16.6 Å². The van der Waals surface area contributed by atoms with Crippen LogP contribution >= 0.6 is 0 Å². The Morgan fingerprint density at radius 2 is 2.14 bits per heavy atom. The summed E-state index contributed by atoms with van der Waals surface area (Å²) in [5.41, 5.74) is 5.18. The second-order valence-corrected chi connectivity index (χ2v) is 7.79. The first kappa shape index (κ1) is 19.5. The molecular weight excluding hydrogens is 367 g/mol. The minimum Gasteiger partial charge on any atom is -0.379 e. The molecule has 0 amide bonds. The molecule has 0 saturated heterocycles. The minimum absolute atomic E-state index is 0.224. The van der Waals surface area contributed by atoms with E-state index in [1.54, 1.807) is 25.2 Å². The van der Waals surface area contributed by atoms with Crippen LogP contribution in [0.1, 0.15) is 47.7 Å². The summed E-state index contributed by atoms with van der Waals surface area (Å²) in [5, 5.41) is 15.1. The van der Waals surface area contributed by atoms with Gasteiger partial charge >= 0.3 is 0 Å². The van der Waals surface area contributed by atoms with Crippen molar-refractivity contribution < 1.29 is 14.3 Å². The number of aliphatic hydroxyl groups is 1. The lowest BCUT2D eigenvalue weighted by Gasteiger charge is -2.22. The molecule has 29 heavy (non-hydrogen) atoms. The fourth-order valence-electron chi connectivity index (χ4n) is 4.48. The van der Waals surface area contributed by atoms with E-state index < -0.39 is 5.60 Å². The third kappa shape index (κ3) is 3.01. The maximum absolute atomic E-state index is 14.5. The van der Waals surface area contributed by atoms with E-state index in [9.17, 15) is 14.3 Å². The molecule has 0 radical (unpaired) electrons. The van der Waals surface area contributed by atoms with Crippen molar-refractivity contribution >= 4 is 22.9 Å². The first-order chi connectivity index (χ1) is 13.9. The summed E-state index contributed by atoms with van der Waals surface area (Å²) in [6, 6.07) is 1.52. The van der Waals surface area contributed by atoms with Gasteiger partial charge in [-0.05, 0) is 60.9 Å². The van der Waals surface area contributed by atoms with Crippen LogP contribution in [0.3, 0.4) is 0 Å². The van der Waals surface area contributed by atoms with E-state index in [4.69, 9.17) is 4.98 Å². The maximum Gasteiger partial charge on any atom is 0.156 e. The Morgan fingerprint density at radius 3 is 2.83 bits per heavy atom. The number of aromatic nitrogens is 1. The van der Waals surface area contributed by atoms with Gasteiger partial charge in [-0.3, -0.25) is 4.79 Å². The molecule has 150 valence electrons. The number of aryl methyl sites for hydroxylation is 2. The first-order valence-electron chi connectivity index (χ1n) is 10.0. The molecule has 1 aliphatic heterocycles. The SMILES string of the molecule is C=C/C=C(\C=C1/NCc2c1nc1cc(F)c(C)c3c1c2CCC3)[C@](O)(C=O)CC. The summed E-state index contributed by atoms with van der Waals surface area (Å²) < 4.78 is 14.5. The highest BCUT2D eigenvalue weighted by Gasteiger charge is 2.31. The van der Waals surface area contributed by atoms with Gasteiger partial charge in [-0.2, -0.15) is 0 Å². The molecular formula is C24H25FN2O2. The monoisotopic (exact) mass is 392 g/mol. The molecule has 4 rings (SSSR count). The lowest BCUT2D eigenvalue weighted by atomic mass is 9.84. The van der Waals surface area contributed by atoms with E-state index in [0.29, 0.717) is 23.9 Å². The van der Waals surface area contributed by atoms with Gasteiger partial charge in [-0.1, -0.05) is 25.7 Å². The molecule has 1 aliphatic carbocycles. The number of carbonyl (C=O) groups excluding carboxylic acids is 1. The van der Waals surface area contributed by atoms with Crippen molar-refractivity contribution in [2.75, 3.05) is 0 Å². The van der Waals surface area contributed by atoms with Crippen molar-refractivity contribution in [3.63, 3.8) is 0 Å². The Balaban J connectivity index is 1.93. The molecule has 0 bridgehead atoms. The van der Waals surface area contributed by atoms with Crippen LogP contribution in [0.4, 0.5) is 4.39 Å². The average Bonchev–Trinajstić information content (AvgIpc) is 3.13. The van der Waals surface area contributed by atoms with Gasteiger partial charge in [-0.25, -0.2) is 9.37 Å². The number of allylic oxidation sites excluding steroid dienone is 2. The van der Waals surface area contributed by atoms with Crippen molar-refractivity contribution in [1.82, 2.24) is 10.3 Å². The third-order valence-electron chi connectivity index (χ3n) is 6.21. The average molecular weight is 392 g/mol. The van der Waals surface area contributed by atoms with Crippen molar-refractivity contribution in [3.8, 4) is 0 Å². The maximum atomic E-state index is 14.5. The molecule has 2 aromatic rings. The summed E-state index contributed by atoms with van der Waals surface area (Å²) in [6.45, 7) is 7.91. The van der Waals surface area contributed by atoms with Gasteiger partial charge < -0.3 is 10.4 Å². The zero-order valence-corrected chi connectivity index (χ0v) is 16.8. The van der Waals surface area contributed by atoms with Crippen LogP contribution in [0.15, 0.2) is 36.4 Å². The molecule has 4 nitrogen and oxygen atoms in total. The van der Waals surface area contributed by atoms with Crippen LogP contribution < -0.4 is 5.32 Å². The molecule has 0 saturated carbocycles. The summed E-state index contributed by atoms with van der Waals surface area (Å²) in [5.74, 6) is -0.224. The number of nitrogens with one attached hydrogen (secondary N) is 1. The number of hydrogen-bond donors (Lipinski definition) is 2. The van der Waals surface area contributed by atoms with Crippen molar-refractivity contribution in [2.45, 2.75) is 51.7 Å². The molecule has 0 unspecified atom stereocenters. The lowest BCUT2D eigenvalue weighted by Crippen LogP contribution is -2.31. The van der Waals surface area contributed by atoms with E-state index >= 15 is 0 Å². The van der Waals surface area contributed by atoms with Crippen LogP contribution in [-0.2, 0) is 24.2 Å². The highest BCUT2D eigenvalue weighted by molar-refractivity contribution is 5.92.